The average Bonchev–Trinajstić information content (AvgIpc) is 2.05. The van der Waals surface area contributed by atoms with Crippen LogP contribution in [0, 0.1) is 0 Å². The summed E-state index contributed by atoms with van der Waals surface area (Å²) >= 11 is 0. The lowest BCUT2D eigenvalue weighted by atomic mass is 10.2. The van der Waals surface area contributed by atoms with E-state index >= 15 is 0 Å². The Kier molecular flexibility index (Phi) is 3.02. The van der Waals surface area contributed by atoms with Crippen LogP contribution in [0.25, 0.3) is 0 Å². The molecule has 66 valence electrons. The van der Waals surface area contributed by atoms with E-state index in [9.17, 15) is 9.59 Å². The molecule has 1 amide bonds. The normalized spacial score (nSPS) is 16.2. The number of nitrogens with zero attached hydrogens (tertiary/aromatic N) is 1. The Morgan fingerprint density at radius 2 is 2.17 bits per heavy atom. The van der Waals surface area contributed by atoms with Crippen LogP contribution in [0.1, 0.15) is 19.8 Å². The summed E-state index contributed by atoms with van der Waals surface area (Å²) in [4.78, 5) is 23.6. The number of carbonyl (C=O) groups is 2. The monoisotopic (exact) mass is 167 g/mol. The van der Waals surface area contributed by atoms with Gasteiger partial charge in [0.1, 0.15) is 5.78 Å². The quantitative estimate of drug-likeness (QED) is 0.449. The maximum atomic E-state index is 11.3. The summed E-state index contributed by atoms with van der Waals surface area (Å²) < 4.78 is 0. The molecule has 1 aliphatic rings. The zero-order valence-electron chi connectivity index (χ0n) is 7.25. The predicted octanol–water partition coefficient (Wildman–Crippen LogP) is 0.754. The Hall–Kier alpha value is -1.12. The van der Waals surface area contributed by atoms with Crippen molar-refractivity contribution in [3.05, 3.63) is 12.2 Å². The maximum Gasteiger partial charge on any atom is 0.230 e. The minimum atomic E-state index is -0.0606. The van der Waals surface area contributed by atoms with E-state index in [1.807, 2.05) is 6.08 Å². The van der Waals surface area contributed by atoms with E-state index in [1.165, 1.54) is 6.92 Å². The molecule has 0 radical (unpaired) electrons. The first-order valence-corrected chi connectivity index (χ1v) is 4.12. The zero-order valence-corrected chi connectivity index (χ0v) is 7.25. The molecule has 1 heterocycles. The molecule has 0 aliphatic carbocycles. The summed E-state index contributed by atoms with van der Waals surface area (Å²) in [7, 11) is 0. The lowest BCUT2D eigenvalue weighted by Gasteiger charge is -2.22. The molecular weight excluding hydrogens is 154 g/mol. The van der Waals surface area contributed by atoms with Crippen molar-refractivity contribution in [2.24, 2.45) is 0 Å². The molecule has 0 atom stereocenters. The lowest BCUT2D eigenvalue weighted by Crippen LogP contribution is -2.34. The Bertz CT molecular complexity index is 221. The van der Waals surface area contributed by atoms with Gasteiger partial charge in [0.2, 0.25) is 5.91 Å². The standard InChI is InChI=1S/C9H13NO2/c1-8(11)7-9(12)10-5-3-2-4-6-10/h2-3H,4-7H2,1H3. The van der Waals surface area contributed by atoms with E-state index < -0.39 is 0 Å². The van der Waals surface area contributed by atoms with Crippen LogP contribution in [0.4, 0.5) is 0 Å². The highest BCUT2D eigenvalue weighted by atomic mass is 16.2. The first kappa shape index (κ1) is 8.97. The second-order valence-electron chi connectivity index (χ2n) is 2.98. The van der Waals surface area contributed by atoms with Gasteiger partial charge in [-0.25, -0.2) is 0 Å². The van der Waals surface area contributed by atoms with Gasteiger partial charge in [-0.2, -0.15) is 0 Å². The van der Waals surface area contributed by atoms with Crippen molar-refractivity contribution in [1.82, 2.24) is 4.90 Å². The molecule has 0 aromatic heterocycles. The number of hydrogen-bond donors (Lipinski definition) is 0. The van der Waals surface area contributed by atoms with Gasteiger partial charge >= 0.3 is 0 Å². The van der Waals surface area contributed by atoms with Gasteiger partial charge in [-0.05, 0) is 13.3 Å². The van der Waals surface area contributed by atoms with E-state index in [2.05, 4.69) is 6.08 Å². The molecule has 1 rings (SSSR count). The minimum Gasteiger partial charge on any atom is -0.338 e. The Morgan fingerprint density at radius 3 is 2.67 bits per heavy atom. The van der Waals surface area contributed by atoms with E-state index in [1.54, 1.807) is 4.90 Å². The second-order valence-corrected chi connectivity index (χ2v) is 2.98. The molecular formula is C9H13NO2. The molecule has 3 heteroatoms. The fourth-order valence-electron chi connectivity index (χ4n) is 1.19. The summed E-state index contributed by atoms with van der Waals surface area (Å²) in [5, 5.41) is 0. The largest absolute Gasteiger partial charge is 0.338 e. The third-order valence-corrected chi connectivity index (χ3v) is 1.81. The molecule has 0 aromatic rings. The smallest absolute Gasteiger partial charge is 0.230 e. The third-order valence-electron chi connectivity index (χ3n) is 1.81. The van der Waals surface area contributed by atoms with E-state index in [-0.39, 0.29) is 18.1 Å². The van der Waals surface area contributed by atoms with E-state index in [0.29, 0.717) is 6.54 Å². The first-order valence-electron chi connectivity index (χ1n) is 4.12. The highest BCUT2D eigenvalue weighted by molar-refractivity contribution is 5.96. The van der Waals surface area contributed by atoms with Crippen molar-refractivity contribution < 1.29 is 9.59 Å². The molecule has 0 N–H and O–H groups in total. The van der Waals surface area contributed by atoms with Gasteiger partial charge in [0.05, 0.1) is 6.42 Å². The molecule has 0 aromatic carbocycles. The summed E-state index contributed by atoms with van der Waals surface area (Å²) in [5.74, 6) is -0.110. The molecule has 0 bridgehead atoms. The van der Waals surface area contributed by atoms with Crippen LogP contribution in [-0.4, -0.2) is 29.7 Å². The summed E-state index contributed by atoms with van der Waals surface area (Å²) in [5.41, 5.74) is 0. The Labute approximate surface area is 72.0 Å². The number of carbonyl (C=O) groups excluding carboxylic acids is 2. The van der Waals surface area contributed by atoms with Crippen molar-refractivity contribution >= 4 is 11.7 Å². The van der Waals surface area contributed by atoms with Gasteiger partial charge in [-0.3, -0.25) is 9.59 Å². The van der Waals surface area contributed by atoms with Crippen LogP contribution in [0.2, 0.25) is 0 Å². The Balaban J connectivity index is 2.41. The molecule has 0 unspecified atom stereocenters. The number of amides is 1. The lowest BCUT2D eigenvalue weighted by molar-refractivity contribution is -0.134. The Morgan fingerprint density at radius 1 is 1.42 bits per heavy atom. The fraction of sp³-hybridized carbons (Fsp3) is 0.556. The van der Waals surface area contributed by atoms with Crippen molar-refractivity contribution in [3.8, 4) is 0 Å². The van der Waals surface area contributed by atoms with Crippen LogP contribution in [-0.2, 0) is 9.59 Å². The number of hydrogen-bond acceptors (Lipinski definition) is 2. The summed E-state index contributed by atoms with van der Waals surface area (Å²) in [6.07, 6.45) is 4.97. The van der Waals surface area contributed by atoms with Gasteiger partial charge in [0, 0.05) is 13.1 Å². The fourth-order valence-corrected chi connectivity index (χ4v) is 1.19. The van der Waals surface area contributed by atoms with E-state index in [0.717, 1.165) is 13.0 Å². The second kappa shape index (κ2) is 4.04. The van der Waals surface area contributed by atoms with E-state index in [4.69, 9.17) is 0 Å². The van der Waals surface area contributed by atoms with Crippen LogP contribution >= 0.6 is 0 Å². The summed E-state index contributed by atoms with van der Waals surface area (Å²) in [6, 6.07) is 0. The number of Topliss-reactive ketones (excluding diaryl/α,β-unsaturated/α-hetero) is 1. The van der Waals surface area contributed by atoms with Gasteiger partial charge in [-0.1, -0.05) is 12.2 Å². The maximum absolute atomic E-state index is 11.3. The predicted molar refractivity (Wildman–Crippen MR) is 45.6 cm³/mol. The molecule has 3 nitrogen and oxygen atoms in total. The van der Waals surface area contributed by atoms with Crippen LogP contribution in [0.15, 0.2) is 12.2 Å². The van der Waals surface area contributed by atoms with Crippen molar-refractivity contribution in [2.45, 2.75) is 19.8 Å². The SMILES string of the molecule is CC(=O)CC(=O)N1CC=CCC1. The molecule has 12 heavy (non-hydrogen) atoms. The molecule has 0 saturated carbocycles. The first-order chi connectivity index (χ1) is 5.70. The van der Waals surface area contributed by atoms with Crippen LogP contribution in [0.5, 0.6) is 0 Å². The average molecular weight is 167 g/mol. The highest BCUT2D eigenvalue weighted by Gasteiger charge is 2.14. The van der Waals surface area contributed by atoms with Crippen molar-refractivity contribution in [2.75, 3.05) is 13.1 Å². The van der Waals surface area contributed by atoms with Gasteiger partial charge in [0.15, 0.2) is 0 Å². The molecule has 1 aliphatic heterocycles. The van der Waals surface area contributed by atoms with Crippen LogP contribution in [0.3, 0.4) is 0 Å². The van der Waals surface area contributed by atoms with Crippen LogP contribution < -0.4 is 0 Å². The highest BCUT2D eigenvalue weighted by Crippen LogP contribution is 2.03. The zero-order chi connectivity index (χ0) is 8.97. The van der Waals surface area contributed by atoms with Crippen molar-refractivity contribution in [1.29, 1.82) is 0 Å². The third kappa shape index (κ3) is 2.49. The molecule has 0 spiro atoms. The van der Waals surface area contributed by atoms with Gasteiger partial charge < -0.3 is 4.90 Å². The number of rotatable bonds is 2. The topological polar surface area (TPSA) is 37.4 Å². The molecule has 0 fully saturated rings. The minimum absolute atomic E-state index is 0.0492. The molecule has 0 saturated heterocycles. The summed E-state index contributed by atoms with van der Waals surface area (Å²) in [6.45, 7) is 2.85. The van der Waals surface area contributed by atoms with Crippen molar-refractivity contribution in [3.63, 3.8) is 0 Å². The van der Waals surface area contributed by atoms with Gasteiger partial charge in [-0.15, -0.1) is 0 Å². The number of ketones is 1. The van der Waals surface area contributed by atoms with Gasteiger partial charge in [0.25, 0.3) is 0 Å².